The van der Waals surface area contributed by atoms with Crippen LogP contribution in [0.4, 0.5) is 0 Å². The molecule has 3 rings (SSSR count). The number of rotatable bonds is 5. The Morgan fingerprint density at radius 2 is 2.04 bits per heavy atom. The zero-order valence-corrected chi connectivity index (χ0v) is 13.3. The summed E-state index contributed by atoms with van der Waals surface area (Å²) in [7, 11) is 0. The van der Waals surface area contributed by atoms with E-state index in [0.717, 1.165) is 17.4 Å². The molecule has 0 atom stereocenters. The number of aromatic nitrogens is 4. The molecule has 0 saturated heterocycles. The third kappa shape index (κ3) is 3.35. The molecular weight excluding hydrogens is 336 g/mol. The Hall–Kier alpha value is -2.38. The van der Waals surface area contributed by atoms with Gasteiger partial charge in [-0.1, -0.05) is 35.5 Å². The average Bonchev–Trinajstić information content (AvgIpc) is 2.98. The van der Waals surface area contributed by atoms with Crippen molar-refractivity contribution in [2.45, 2.75) is 5.16 Å². The zero-order valence-electron chi connectivity index (χ0n) is 11.8. The summed E-state index contributed by atoms with van der Waals surface area (Å²) in [6.07, 6.45) is 3.32. The largest absolute Gasteiger partial charge is 0.481 e. The van der Waals surface area contributed by atoms with Gasteiger partial charge in [-0.05, 0) is 24.3 Å². The van der Waals surface area contributed by atoms with Crippen molar-refractivity contribution in [3.8, 4) is 17.1 Å². The van der Waals surface area contributed by atoms with Gasteiger partial charge in [0.2, 0.25) is 0 Å². The molecule has 0 aliphatic heterocycles. The monoisotopic (exact) mass is 346 g/mol. The first-order valence-corrected chi connectivity index (χ1v) is 7.98. The molecule has 8 heteroatoms. The summed E-state index contributed by atoms with van der Waals surface area (Å²) in [5, 5.41) is 18.2. The van der Waals surface area contributed by atoms with E-state index in [9.17, 15) is 4.79 Å². The first kappa shape index (κ1) is 15.5. The number of carbonyl (C=O) groups is 1. The van der Waals surface area contributed by atoms with Crippen molar-refractivity contribution in [2.24, 2.45) is 0 Å². The normalized spacial score (nSPS) is 10.7. The molecule has 0 amide bonds. The molecule has 23 heavy (non-hydrogen) atoms. The number of hydrogen-bond acceptors (Lipinski definition) is 5. The molecule has 2 heterocycles. The van der Waals surface area contributed by atoms with Crippen molar-refractivity contribution in [1.29, 1.82) is 0 Å². The van der Waals surface area contributed by atoms with Crippen LogP contribution < -0.4 is 0 Å². The summed E-state index contributed by atoms with van der Waals surface area (Å²) in [4.78, 5) is 14.9. The second-order valence-corrected chi connectivity index (χ2v) is 5.86. The van der Waals surface area contributed by atoms with E-state index in [1.54, 1.807) is 29.1 Å². The third-order valence-electron chi connectivity index (χ3n) is 2.98. The SMILES string of the molecule is O=C(O)CSc1nnc(-c2ccccc2Cl)n1-c1cccnc1. The Labute approximate surface area is 141 Å². The van der Waals surface area contributed by atoms with Gasteiger partial charge in [0.05, 0.1) is 22.7 Å². The van der Waals surface area contributed by atoms with Crippen molar-refractivity contribution >= 4 is 29.3 Å². The lowest BCUT2D eigenvalue weighted by Crippen LogP contribution is -2.03. The second-order valence-electron chi connectivity index (χ2n) is 4.52. The van der Waals surface area contributed by atoms with E-state index in [4.69, 9.17) is 16.7 Å². The Bertz CT molecular complexity index is 839. The lowest BCUT2D eigenvalue weighted by molar-refractivity contribution is -0.133. The number of carboxylic acids is 1. The van der Waals surface area contributed by atoms with E-state index in [1.165, 1.54) is 0 Å². The van der Waals surface area contributed by atoms with Crippen LogP contribution in [-0.4, -0.2) is 36.6 Å². The Morgan fingerprint density at radius 1 is 1.22 bits per heavy atom. The van der Waals surface area contributed by atoms with Gasteiger partial charge in [0, 0.05) is 11.8 Å². The van der Waals surface area contributed by atoms with Crippen molar-refractivity contribution in [3.63, 3.8) is 0 Å². The molecule has 0 saturated carbocycles. The van der Waals surface area contributed by atoms with Crippen molar-refractivity contribution < 1.29 is 9.90 Å². The highest BCUT2D eigenvalue weighted by Crippen LogP contribution is 2.31. The van der Waals surface area contributed by atoms with Crippen molar-refractivity contribution in [3.05, 3.63) is 53.8 Å². The summed E-state index contributed by atoms with van der Waals surface area (Å²) in [6.45, 7) is 0. The van der Waals surface area contributed by atoms with E-state index >= 15 is 0 Å². The van der Waals surface area contributed by atoms with Crippen LogP contribution in [0.25, 0.3) is 17.1 Å². The molecule has 116 valence electrons. The van der Waals surface area contributed by atoms with E-state index in [0.29, 0.717) is 21.6 Å². The molecule has 2 aromatic heterocycles. The van der Waals surface area contributed by atoms with Gasteiger partial charge >= 0.3 is 5.97 Å². The third-order valence-corrected chi connectivity index (χ3v) is 4.22. The Morgan fingerprint density at radius 3 is 2.74 bits per heavy atom. The van der Waals surface area contributed by atoms with Crippen molar-refractivity contribution in [2.75, 3.05) is 5.75 Å². The smallest absolute Gasteiger partial charge is 0.313 e. The maximum Gasteiger partial charge on any atom is 0.313 e. The second kappa shape index (κ2) is 6.80. The van der Waals surface area contributed by atoms with Gasteiger partial charge in [-0.25, -0.2) is 0 Å². The summed E-state index contributed by atoms with van der Waals surface area (Å²) >= 11 is 7.35. The highest BCUT2D eigenvalue weighted by atomic mass is 35.5. The quantitative estimate of drug-likeness (QED) is 0.715. The number of benzene rings is 1. The minimum absolute atomic E-state index is 0.110. The van der Waals surface area contributed by atoms with Crippen LogP contribution in [-0.2, 0) is 4.79 Å². The van der Waals surface area contributed by atoms with Crippen LogP contribution in [0.5, 0.6) is 0 Å². The highest BCUT2D eigenvalue weighted by Gasteiger charge is 2.18. The Balaban J connectivity index is 2.14. The first-order chi connectivity index (χ1) is 11.2. The fraction of sp³-hybridized carbons (Fsp3) is 0.0667. The molecule has 0 fully saturated rings. The van der Waals surface area contributed by atoms with Crippen LogP contribution in [0, 0.1) is 0 Å². The lowest BCUT2D eigenvalue weighted by atomic mass is 10.2. The molecule has 0 spiro atoms. The number of carboxylic acid groups (broad SMARTS) is 1. The van der Waals surface area contributed by atoms with Crippen LogP contribution in [0.1, 0.15) is 0 Å². The van der Waals surface area contributed by atoms with Crippen LogP contribution in [0.15, 0.2) is 53.9 Å². The van der Waals surface area contributed by atoms with E-state index in [-0.39, 0.29) is 5.75 Å². The number of nitrogens with zero attached hydrogens (tertiary/aromatic N) is 4. The lowest BCUT2D eigenvalue weighted by Gasteiger charge is -2.10. The van der Waals surface area contributed by atoms with E-state index in [2.05, 4.69) is 15.2 Å². The minimum atomic E-state index is -0.921. The molecule has 0 unspecified atom stereocenters. The summed E-state index contributed by atoms with van der Waals surface area (Å²) in [5.74, 6) is -0.493. The van der Waals surface area contributed by atoms with E-state index < -0.39 is 5.97 Å². The van der Waals surface area contributed by atoms with Gasteiger partial charge in [-0.15, -0.1) is 10.2 Å². The fourth-order valence-electron chi connectivity index (χ4n) is 2.03. The first-order valence-electron chi connectivity index (χ1n) is 6.62. The molecule has 1 N–H and O–H groups in total. The molecule has 0 aliphatic carbocycles. The van der Waals surface area contributed by atoms with Gasteiger partial charge < -0.3 is 5.11 Å². The van der Waals surface area contributed by atoms with Gasteiger partial charge in [0.25, 0.3) is 0 Å². The number of halogens is 1. The van der Waals surface area contributed by atoms with Gasteiger partial charge in [0.1, 0.15) is 0 Å². The fourth-order valence-corrected chi connectivity index (χ4v) is 2.92. The highest BCUT2D eigenvalue weighted by molar-refractivity contribution is 7.99. The standard InChI is InChI=1S/C15H11ClN4O2S/c16-12-6-2-1-5-11(12)14-18-19-15(23-9-13(21)22)20(14)10-4-3-7-17-8-10/h1-8H,9H2,(H,21,22). The number of thioether (sulfide) groups is 1. The van der Waals surface area contributed by atoms with Crippen LogP contribution in [0.3, 0.4) is 0 Å². The molecule has 6 nitrogen and oxygen atoms in total. The predicted octanol–water partition coefficient (Wildman–Crippen LogP) is 3.16. The van der Waals surface area contributed by atoms with Crippen LogP contribution in [0.2, 0.25) is 5.02 Å². The molecule has 0 radical (unpaired) electrons. The molecule has 0 aliphatic rings. The van der Waals surface area contributed by atoms with E-state index in [1.807, 2.05) is 24.3 Å². The number of pyridine rings is 1. The summed E-state index contributed by atoms with van der Waals surface area (Å²) in [5.41, 5.74) is 1.45. The molecule has 0 bridgehead atoms. The summed E-state index contributed by atoms with van der Waals surface area (Å²) < 4.78 is 1.75. The molecular formula is C15H11ClN4O2S. The van der Waals surface area contributed by atoms with Crippen LogP contribution >= 0.6 is 23.4 Å². The van der Waals surface area contributed by atoms with Gasteiger partial charge in [0.15, 0.2) is 11.0 Å². The minimum Gasteiger partial charge on any atom is -0.481 e. The zero-order chi connectivity index (χ0) is 16.2. The number of hydrogen-bond donors (Lipinski definition) is 1. The Kier molecular flexibility index (Phi) is 4.59. The maximum absolute atomic E-state index is 10.8. The summed E-state index contributed by atoms with van der Waals surface area (Å²) in [6, 6.07) is 10.9. The molecule has 3 aromatic rings. The number of aliphatic carboxylic acids is 1. The van der Waals surface area contributed by atoms with Crippen molar-refractivity contribution in [1.82, 2.24) is 19.7 Å². The topological polar surface area (TPSA) is 80.9 Å². The maximum atomic E-state index is 10.8. The van der Waals surface area contributed by atoms with Gasteiger partial charge in [-0.3, -0.25) is 14.3 Å². The predicted molar refractivity (Wildman–Crippen MR) is 88.0 cm³/mol. The molecule has 1 aromatic carbocycles. The average molecular weight is 347 g/mol. The van der Waals surface area contributed by atoms with Gasteiger partial charge in [-0.2, -0.15) is 0 Å².